The molecule has 0 radical (unpaired) electrons. The van der Waals surface area contributed by atoms with Crippen molar-refractivity contribution in [1.82, 2.24) is 5.32 Å². The number of carbonyl (C=O) groups is 1. The van der Waals surface area contributed by atoms with Crippen LogP contribution in [0.15, 0.2) is 36.4 Å². The SMILES string of the molecule is Cc1ccc2c(c1)C1(NCCS1)C(=O)N2Cc1ccc(F)cc1F. The molecular formula is C18H16F2N2OS. The van der Waals surface area contributed by atoms with Crippen molar-refractivity contribution in [3.8, 4) is 0 Å². The lowest BCUT2D eigenvalue weighted by atomic mass is 10.0. The Morgan fingerprint density at radius 2 is 2.08 bits per heavy atom. The zero-order chi connectivity index (χ0) is 16.9. The van der Waals surface area contributed by atoms with E-state index in [9.17, 15) is 13.6 Å². The molecule has 2 aliphatic heterocycles. The fourth-order valence-electron chi connectivity index (χ4n) is 3.35. The highest BCUT2D eigenvalue weighted by molar-refractivity contribution is 8.01. The summed E-state index contributed by atoms with van der Waals surface area (Å²) in [6.45, 7) is 2.83. The first kappa shape index (κ1) is 15.6. The van der Waals surface area contributed by atoms with E-state index < -0.39 is 16.5 Å². The Balaban J connectivity index is 1.78. The Labute approximate surface area is 143 Å². The van der Waals surface area contributed by atoms with Gasteiger partial charge in [0.15, 0.2) is 4.87 Å². The molecule has 1 amide bonds. The van der Waals surface area contributed by atoms with Crippen LogP contribution in [0.25, 0.3) is 0 Å². The molecule has 0 aliphatic carbocycles. The summed E-state index contributed by atoms with van der Waals surface area (Å²) in [5.41, 5.74) is 3.09. The predicted molar refractivity (Wildman–Crippen MR) is 90.9 cm³/mol. The quantitative estimate of drug-likeness (QED) is 0.905. The molecule has 24 heavy (non-hydrogen) atoms. The number of anilines is 1. The van der Waals surface area contributed by atoms with Gasteiger partial charge in [-0.25, -0.2) is 8.78 Å². The molecule has 0 saturated carbocycles. The molecule has 1 saturated heterocycles. The van der Waals surface area contributed by atoms with Crippen LogP contribution in [0.2, 0.25) is 0 Å². The van der Waals surface area contributed by atoms with Gasteiger partial charge in [0.2, 0.25) is 0 Å². The molecular weight excluding hydrogens is 330 g/mol. The average molecular weight is 346 g/mol. The van der Waals surface area contributed by atoms with Crippen molar-refractivity contribution < 1.29 is 13.6 Å². The summed E-state index contributed by atoms with van der Waals surface area (Å²) in [6, 6.07) is 9.32. The van der Waals surface area contributed by atoms with Gasteiger partial charge in [0.1, 0.15) is 11.6 Å². The maximum absolute atomic E-state index is 14.0. The van der Waals surface area contributed by atoms with Crippen LogP contribution in [0.5, 0.6) is 0 Å². The number of nitrogens with zero attached hydrogens (tertiary/aromatic N) is 1. The fraction of sp³-hybridized carbons (Fsp3) is 0.278. The maximum Gasteiger partial charge on any atom is 0.262 e. The second-order valence-electron chi connectivity index (χ2n) is 6.10. The number of aryl methyl sites for hydroxylation is 1. The Morgan fingerprint density at radius 1 is 1.25 bits per heavy atom. The molecule has 1 N–H and O–H groups in total. The van der Waals surface area contributed by atoms with E-state index in [1.54, 1.807) is 16.7 Å². The second kappa shape index (κ2) is 5.57. The van der Waals surface area contributed by atoms with E-state index in [-0.39, 0.29) is 12.5 Å². The van der Waals surface area contributed by atoms with Crippen LogP contribution >= 0.6 is 11.8 Å². The molecule has 1 spiro atoms. The monoisotopic (exact) mass is 346 g/mol. The molecule has 2 aromatic rings. The first-order valence-corrected chi connectivity index (χ1v) is 8.76. The van der Waals surface area contributed by atoms with Crippen molar-refractivity contribution in [3.05, 3.63) is 64.7 Å². The van der Waals surface area contributed by atoms with Gasteiger partial charge in [0.25, 0.3) is 5.91 Å². The van der Waals surface area contributed by atoms with E-state index in [4.69, 9.17) is 0 Å². The van der Waals surface area contributed by atoms with Gasteiger partial charge >= 0.3 is 0 Å². The van der Waals surface area contributed by atoms with Crippen LogP contribution in [0.4, 0.5) is 14.5 Å². The molecule has 4 rings (SSSR count). The summed E-state index contributed by atoms with van der Waals surface area (Å²) in [6.07, 6.45) is 0. The van der Waals surface area contributed by atoms with Crippen LogP contribution in [0.1, 0.15) is 16.7 Å². The summed E-state index contributed by atoms with van der Waals surface area (Å²) < 4.78 is 27.2. The summed E-state index contributed by atoms with van der Waals surface area (Å²) in [5, 5.41) is 3.32. The summed E-state index contributed by atoms with van der Waals surface area (Å²) in [7, 11) is 0. The predicted octanol–water partition coefficient (Wildman–Crippen LogP) is 3.31. The number of thioether (sulfide) groups is 1. The van der Waals surface area contributed by atoms with Gasteiger partial charge in [0, 0.05) is 29.5 Å². The average Bonchev–Trinajstić information content (AvgIpc) is 3.11. The third-order valence-corrected chi connectivity index (χ3v) is 5.89. The molecule has 2 heterocycles. The third kappa shape index (κ3) is 2.24. The maximum atomic E-state index is 14.0. The number of nitrogens with one attached hydrogen (secondary N) is 1. The van der Waals surface area contributed by atoms with E-state index in [2.05, 4.69) is 5.32 Å². The highest BCUT2D eigenvalue weighted by Crippen LogP contribution is 2.49. The lowest BCUT2D eigenvalue weighted by molar-refractivity contribution is -0.121. The summed E-state index contributed by atoms with van der Waals surface area (Å²) in [5.74, 6) is -0.499. The van der Waals surface area contributed by atoms with Gasteiger partial charge in [0.05, 0.1) is 12.2 Å². The fourth-order valence-corrected chi connectivity index (χ4v) is 4.62. The number of rotatable bonds is 2. The number of amides is 1. The van der Waals surface area contributed by atoms with Crippen LogP contribution < -0.4 is 10.2 Å². The van der Waals surface area contributed by atoms with Crippen LogP contribution in [-0.4, -0.2) is 18.2 Å². The molecule has 3 nitrogen and oxygen atoms in total. The van der Waals surface area contributed by atoms with Crippen molar-refractivity contribution >= 4 is 23.4 Å². The van der Waals surface area contributed by atoms with Gasteiger partial charge in [-0.05, 0) is 19.1 Å². The molecule has 0 bridgehead atoms. The number of fused-ring (bicyclic) bond motifs is 2. The van der Waals surface area contributed by atoms with E-state index in [0.717, 1.165) is 35.2 Å². The van der Waals surface area contributed by atoms with Gasteiger partial charge < -0.3 is 4.90 Å². The van der Waals surface area contributed by atoms with E-state index in [0.29, 0.717) is 5.56 Å². The van der Waals surface area contributed by atoms with Gasteiger partial charge in [-0.15, -0.1) is 11.8 Å². The Morgan fingerprint density at radius 3 is 2.79 bits per heavy atom. The zero-order valence-corrected chi connectivity index (χ0v) is 13.9. The number of carbonyl (C=O) groups excluding carboxylic acids is 1. The minimum atomic E-state index is -0.780. The second-order valence-corrected chi connectivity index (χ2v) is 7.41. The van der Waals surface area contributed by atoms with Gasteiger partial charge in [-0.3, -0.25) is 10.1 Å². The van der Waals surface area contributed by atoms with Crippen molar-refractivity contribution in [2.75, 3.05) is 17.2 Å². The molecule has 1 atom stereocenters. The Hall–Kier alpha value is -1.92. The zero-order valence-electron chi connectivity index (χ0n) is 13.1. The van der Waals surface area contributed by atoms with E-state index >= 15 is 0 Å². The van der Waals surface area contributed by atoms with Gasteiger partial charge in [-0.2, -0.15) is 0 Å². The minimum Gasteiger partial charge on any atom is -0.305 e. The number of hydrogen-bond acceptors (Lipinski definition) is 3. The standard InChI is InChI=1S/C18H16F2N2OS/c1-11-2-5-16-14(8-11)18(21-6-7-24-18)17(23)22(16)10-12-3-4-13(19)9-15(12)20/h2-5,8-9,21H,6-7,10H2,1H3. The van der Waals surface area contributed by atoms with E-state index in [1.165, 1.54) is 12.1 Å². The van der Waals surface area contributed by atoms with Gasteiger partial charge in [-0.1, -0.05) is 23.8 Å². The van der Waals surface area contributed by atoms with E-state index in [1.807, 2.05) is 25.1 Å². The van der Waals surface area contributed by atoms with Crippen LogP contribution in [-0.2, 0) is 16.2 Å². The molecule has 1 unspecified atom stereocenters. The van der Waals surface area contributed by atoms with Crippen molar-refractivity contribution in [2.45, 2.75) is 18.3 Å². The number of halogens is 2. The van der Waals surface area contributed by atoms with Crippen molar-refractivity contribution in [2.24, 2.45) is 0 Å². The lowest BCUT2D eigenvalue weighted by Gasteiger charge is -2.23. The number of benzene rings is 2. The smallest absolute Gasteiger partial charge is 0.262 e. The molecule has 2 aromatic carbocycles. The Kier molecular flexibility index (Phi) is 3.62. The molecule has 124 valence electrons. The largest absolute Gasteiger partial charge is 0.305 e. The lowest BCUT2D eigenvalue weighted by Crippen LogP contribution is -2.44. The van der Waals surface area contributed by atoms with Crippen molar-refractivity contribution in [3.63, 3.8) is 0 Å². The minimum absolute atomic E-state index is 0.0883. The number of hydrogen-bond donors (Lipinski definition) is 1. The topological polar surface area (TPSA) is 32.3 Å². The third-order valence-electron chi connectivity index (χ3n) is 4.51. The highest BCUT2D eigenvalue weighted by Gasteiger charge is 2.53. The molecule has 2 aliphatic rings. The summed E-state index contributed by atoms with van der Waals surface area (Å²) in [4.78, 5) is 13.9. The van der Waals surface area contributed by atoms with Crippen molar-refractivity contribution in [1.29, 1.82) is 0 Å². The molecule has 0 aromatic heterocycles. The normalized spacial score (nSPS) is 22.5. The van der Waals surface area contributed by atoms with Crippen LogP contribution in [0.3, 0.4) is 0 Å². The highest BCUT2D eigenvalue weighted by atomic mass is 32.2. The van der Waals surface area contributed by atoms with Crippen LogP contribution in [0, 0.1) is 18.6 Å². The Bertz CT molecular complexity index is 834. The first-order chi connectivity index (χ1) is 11.5. The first-order valence-electron chi connectivity index (χ1n) is 7.77. The summed E-state index contributed by atoms with van der Waals surface area (Å²) >= 11 is 1.58. The molecule has 6 heteroatoms. The molecule has 1 fully saturated rings.